The lowest BCUT2D eigenvalue weighted by Gasteiger charge is -2.18. The molecule has 0 rings (SSSR count). The van der Waals surface area contributed by atoms with Crippen molar-refractivity contribution in [2.75, 3.05) is 11.0 Å². The van der Waals surface area contributed by atoms with E-state index in [1.165, 1.54) is 12.8 Å². The predicted octanol–water partition coefficient (Wildman–Crippen LogP) is 3.43. The zero-order valence-corrected chi connectivity index (χ0v) is 11.5. The van der Waals surface area contributed by atoms with E-state index < -0.39 is 0 Å². The van der Waals surface area contributed by atoms with Gasteiger partial charge in [0.2, 0.25) is 0 Å². The first-order chi connectivity index (χ1) is 6.63. The van der Waals surface area contributed by atoms with Gasteiger partial charge in [0.25, 0.3) is 0 Å². The lowest BCUT2D eigenvalue weighted by atomic mass is 9.93. The summed E-state index contributed by atoms with van der Waals surface area (Å²) in [5.41, 5.74) is 0. The van der Waals surface area contributed by atoms with E-state index in [1.807, 2.05) is 22.6 Å². The molecule has 0 N–H and O–H groups in total. The van der Waals surface area contributed by atoms with Crippen LogP contribution in [0.3, 0.4) is 0 Å². The first kappa shape index (κ1) is 14.2. The molecule has 0 aliphatic rings. The van der Waals surface area contributed by atoms with Crippen LogP contribution in [0.15, 0.2) is 0 Å². The monoisotopic (exact) mass is 312 g/mol. The molecule has 0 aromatic rings. The van der Waals surface area contributed by atoms with E-state index in [4.69, 9.17) is 4.74 Å². The van der Waals surface area contributed by atoms with Gasteiger partial charge in [0.05, 0.1) is 11.0 Å². The van der Waals surface area contributed by atoms with Gasteiger partial charge >= 0.3 is 5.97 Å². The number of carbonyl (C=O) groups excluding carboxylic acids is 1. The van der Waals surface area contributed by atoms with Crippen molar-refractivity contribution in [2.45, 2.75) is 40.0 Å². The second kappa shape index (κ2) is 8.50. The first-order valence-electron chi connectivity index (χ1n) is 5.35. The third-order valence-corrected chi connectivity index (χ3v) is 3.22. The van der Waals surface area contributed by atoms with E-state index in [0.29, 0.717) is 17.0 Å². The maximum atomic E-state index is 11.0. The molecule has 0 aromatic heterocycles. The Morgan fingerprint density at radius 1 is 1.36 bits per heavy atom. The maximum absolute atomic E-state index is 11.0. The molecule has 0 saturated heterocycles. The lowest BCUT2D eigenvalue weighted by molar-refractivity contribution is -0.141. The van der Waals surface area contributed by atoms with Gasteiger partial charge in [-0.2, -0.15) is 0 Å². The molecule has 0 bridgehead atoms. The van der Waals surface area contributed by atoms with Crippen molar-refractivity contribution in [3.63, 3.8) is 0 Å². The number of ether oxygens (including phenoxy) is 1. The molecule has 0 amide bonds. The third-order valence-electron chi connectivity index (χ3n) is 2.60. The molecule has 0 saturated carbocycles. The molecule has 2 unspecified atom stereocenters. The van der Waals surface area contributed by atoms with Crippen LogP contribution in [0.2, 0.25) is 0 Å². The van der Waals surface area contributed by atoms with Crippen molar-refractivity contribution in [1.29, 1.82) is 0 Å². The SMILES string of the molecule is CCC(C)CC(CC)COC(=O)CI. The number of rotatable bonds is 7. The number of halogens is 1. The highest BCUT2D eigenvalue weighted by atomic mass is 127. The third kappa shape index (κ3) is 6.62. The average molecular weight is 312 g/mol. The molecule has 0 aliphatic heterocycles. The molecule has 0 radical (unpaired) electrons. The molecular formula is C11H21IO2. The van der Waals surface area contributed by atoms with Gasteiger partial charge in [-0.3, -0.25) is 4.79 Å². The maximum Gasteiger partial charge on any atom is 0.315 e. The summed E-state index contributed by atoms with van der Waals surface area (Å²) in [4.78, 5) is 11.0. The molecule has 3 heteroatoms. The van der Waals surface area contributed by atoms with Crippen molar-refractivity contribution < 1.29 is 9.53 Å². The Labute approximate surface area is 101 Å². The van der Waals surface area contributed by atoms with Gasteiger partial charge in [0.15, 0.2) is 0 Å². The normalized spacial score (nSPS) is 14.9. The molecule has 14 heavy (non-hydrogen) atoms. The molecule has 2 nitrogen and oxygen atoms in total. The molecule has 84 valence electrons. The van der Waals surface area contributed by atoms with Crippen molar-refractivity contribution in [1.82, 2.24) is 0 Å². The van der Waals surface area contributed by atoms with E-state index in [1.54, 1.807) is 0 Å². The Kier molecular flexibility index (Phi) is 8.63. The average Bonchev–Trinajstić information content (AvgIpc) is 2.22. The second-order valence-electron chi connectivity index (χ2n) is 3.84. The van der Waals surface area contributed by atoms with Crippen LogP contribution in [-0.2, 0) is 9.53 Å². The van der Waals surface area contributed by atoms with E-state index in [9.17, 15) is 4.79 Å². The largest absolute Gasteiger partial charge is 0.465 e. The van der Waals surface area contributed by atoms with Gasteiger partial charge in [0.1, 0.15) is 0 Å². The number of carbonyl (C=O) groups is 1. The molecule has 0 aliphatic carbocycles. The predicted molar refractivity (Wildman–Crippen MR) is 67.7 cm³/mol. The standard InChI is InChI=1S/C11H21IO2/c1-4-9(3)6-10(5-2)8-14-11(13)7-12/h9-10H,4-8H2,1-3H3. The van der Waals surface area contributed by atoms with Crippen molar-refractivity contribution in [2.24, 2.45) is 11.8 Å². The summed E-state index contributed by atoms with van der Waals surface area (Å²) >= 11 is 2.03. The second-order valence-corrected chi connectivity index (χ2v) is 4.60. The van der Waals surface area contributed by atoms with Crippen LogP contribution in [0.5, 0.6) is 0 Å². The molecule has 0 aromatic carbocycles. The smallest absolute Gasteiger partial charge is 0.315 e. The zero-order valence-electron chi connectivity index (χ0n) is 9.38. The van der Waals surface area contributed by atoms with E-state index in [2.05, 4.69) is 20.8 Å². The number of hydrogen-bond donors (Lipinski definition) is 0. The summed E-state index contributed by atoms with van der Waals surface area (Å²) in [5.74, 6) is 1.18. The Balaban J connectivity index is 3.73. The van der Waals surface area contributed by atoms with Crippen LogP contribution in [0.1, 0.15) is 40.0 Å². The van der Waals surface area contributed by atoms with Crippen LogP contribution in [-0.4, -0.2) is 17.0 Å². The Morgan fingerprint density at radius 3 is 2.43 bits per heavy atom. The fourth-order valence-corrected chi connectivity index (χ4v) is 1.56. The molecular weight excluding hydrogens is 291 g/mol. The molecule has 2 atom stereocenters. The molecule has 0 heterocycles. The fraction of sp³-hybridized carbons (Fsp3) is 0.909. The van der Waals surface area contributed by atoms with Crippen LogP contribution >= 0.6 is 22.6 Å². The zero-order chi connectivity index (χ0) is 11.0. The topological polar surface area (TPSA) is 26.3 Å². The summed E-state index contributed by atoms with van der Waals surface area (Å²) < 4.78 is 5.60. The Hall–Kier alpha value is 0.200. The number of hydrogen-bond acceptors (Lipinski definition) is 2. The van der Waals surface area contributed by atoms with Crippen molar-refractivity contribution in [3.05, 3.63) is 0 Å². The number of esters is 1. The van der Waals surface area contributed by atoms with Gasteiger partial charge in [-0.05, 0) is 18.3 Å². The van der Waals surface area contributed by atoms with E-state index >= 15 is 0 Å². The summed E-state index contributed by atoms with van der Waals surface area (Å²) in [6.45, 7) is 7.21. The van der Waals surface area contributed by atoms with Gasteiger partial charge in [-0.1, -0.05) is 56.2 Å². The fourth-order valence-electron chi connectivity index (χ4n) is 1.34. The van der Waals surface area contributed by atoms with Gasteiger partial charge in [0, 0.05) is 0 Å². The highest BCUT2D eigenvalue weighted by Gasteiger charge is 2.12. The first-order valence-corrected chi connectivity index (χ1v) is 6.88. The molecule has 0 fully saturated rings. The van der Waals surface area contributed by atoms with E-state index in [-0.39, 0.29) is 5.97 Å². The van der Waals surface area contributed by atoms with Crippen LogP contribution < -0.4 is 0 Å². The van der Waals surface area contributed by atoms with Gasteiger partial charge < -0.3 is 4.74 Å². The quantitative estimate of drug-likeness (QED) is 0.409. The minimum Gasteiger partial charge on any atom is -0.465 e. The van der Waals surface area contributed by atoms with Crippen LogP contribution in [0.25, 0.3) is 0 Å². The minimum atomic E-state index is -0.0896. The molecule has 0 spiro atoms. The van der Waals surface area contributed by atoms with Crippen LogP contribution in [0.4, 0.5) is 0 Å². The Bertz CT molecular complexity index is 159. The van der Waals surface area contributed by atoms with Gasteiger partial charge in [-0.15, -0.1) is 0 Å². The highest BCUT2D eigenvalue weighted by molar-refractivity contribution is 14.1. The summed E-state index contributed by atoms with van der Waals surface area (Å²) in [5, 5.41) is 0. The lowest BCUT2D eigenvalue weighted by Crippen LogP contribution is -2.16. The number of alkyl halides is 1. The summed E-state index contributed by atoms with van der Waals surface area (Å²) in [7, 11) is 0. The highest BCUT2D eigenvalue weighted by Crippen LogP contribution is 2.18. The summed E-state index contributed by atoms with van der Waals surface area (Å²) in [6, 6.07) is 0. The summed E-state index contributed by atoms with van der Waals surface area (Å²) in [6.07, 6.45) is 3.47. The van der Waals surface area contributed by atoms with Crippen molar-refractivity contribution in [3.8, 4) is 0 Å². The Morgan fingerprint density at radius 2 is 2.00 bits per heavy atom. The van der Waals surface area contributed by atoms with E-state index in [0.717, 1.165) is 12.3 Å². The van der Waals surface area contributed by atoms with Crippen molar-refractivity contribution >= 4 is 28.6 Å². The minimum absolute atomic E-state index is 0.0896. The van der Waals surface area contributed by atoms with Crippen LogP contribution in [0, 0.1) is 11.8 Å². The van der Waals surface area contributed by atoms with Gasteiger partial charge in [-0.25, -0.2) is 0 Å².